The summed E-state index contributed by atoms with van der Waals surface area (Å²) >= 11 is 0. The Morgan fingerprint density at radius 2 is 1.71 bits per heavy atom. The zero-order valence-electron chi connectivity index (χ0n) is 19.7. The van der Waals surface area contributed by atoms with Gasteiger partial charge in [-0.2, -0.15) is 0 Å². The smallest absolute Gasteiger partial charge is 0.257 e. The highest BCUT2D eigenvalue weighted by molar-refractivity contribution is 5.96. The van der Waals surface area contributed by atoms with Crippen LogP contribution in [0.15, 0.2) is 73.3 Å². The van der Waals surface area contributed by atoms with Crippen molar-refractivity contribution in [1.29, 1.82) is 0 Å². The molecule has 0 radical (unpaired) electrons. The third-order valence-electron chi connectivity index (χ3n) is 6.02. The van der Waals surface area contributed by atoms with Crippen LogP contribution in [-0.4, -0.2) is 71.1 Å². The molecule has 1 aliphatic heterocycles. The van der Waals surface area contributed by atoms with E-state index < -0.39 is 11.7 Å². The zero-order valence-corrected chi connectivity index (χ0v) is 19.7. The molecule has 0 bridgehead atoms. The Balaban J connectivity index is 1.34. The molecule has 1 saturated heterocycles. The second-order valence-corrected chi connectivity index (χ2v) is 8.46. The van der Waals surface area contributed by atoms with Crippen molar-refractivity contribution in [2.75, 3.05) is 44.2 Å². The predicted octanol–water partition coefficient (Wildman–Crippen LogP) is 3.57. The van der Waals surface area contributed by atoms with Crippen LogP contribution in [0.4, 0.5) is 10.2 Å². The Bertz CT molecular complexity index is 1190. The van der Waals surface area contributed by atoms with Crippen molar-refractivity contribution in [3.05, 3.63) is 90.3 Å². The Hall–Kier alpha value is -4.07. The number of rotatable bonds is 7. The van der Waals surface area contributed by atoms with Crippen molar-refractivity contribution in [2.24, 2.45) is 0 Å². The molecule has 4 rings (SSSR count). The summed E-state index contributed by atoms with van der Waals surface area (Å²) < 4.78 is 14.1. The number of benzene rings is 2. The quantitative estimate of drug-likeness (QED) is 0.491. The lowest BCUT2D eigenvalue weighted by Crippen LogP contribution is -2.52. The molecular formula is C27H28FN5O2. The molecule has 0 spiro atoms. The standard InChI is InChI=1S/C27H28FN5O2/c1-3-14-33(27(35)22-6-4-5-7-23(22)28)19-26(34)32-17-15-31(16-18-32)25-13-12-24(29-30-25)21-10-8-20(2)9-11-21/h3-13H,1,14-19H2,2H3. The zero-order chi connectivity index (χ0) is 24.8. The Labute approximate surface area is 204 Å². The van der Waals surface area contributed by atoms with Crippen molar-refractivity contribution in [2.45, 2.75) is 6.92 Å². The molecule has 7 nitrogen and oxygen atoms in total. The van der Waals surface area contributed by atoms with Crippen molar-refractivity contribution in [1.82, 2.24) is 20.0 Å². The van der Waals surface area contributed by atoms with Gasteiger partial charge in [-0.15, -0.1) is 16.8 Å². The molecule has 0 aliphatic carbocycles. The van der Waals surface area contributed by atoms with E-state index in [4.69, 9.17) is 0 Å². The number of aryl methyl sites for hydroxylation is 1. The Morgan fingerprint density at radius 1 is 1.00 bits per heavy atom. The van der Waals surface area contributed by atoms with Gasteiger partial charge >= 0.3 is 0 Å². The van der Waals surface area contributed by atoms with Gasteiger partial charge in [-0.1, -0.05) is 48.0 Å². The number of carbonyl (C=O) groups excluding carboxylic acids is 2. The Morgan fingerprint density at radius 3 is 2.34 bits per heavy atom. The van der Waals surface area contributed by atoms with Crippen molar-refractivity contribution in [3.8, 4) is 11.3 Å². The van der Waals surface area contributed by atoms with E-state index in [2.05, 4.69) is 21.7 Å². The van der Waals surface area contributed by atoms with Crippen LogP contribution in [0.5, 0.6) is 0 Å². The maximum Gasteiger partial charge on any atom is 0.257 e. The molecule has 2 aromatic carbocycles. The van der Waals surface area contributed by atoms with Crippen LogP contribution >= 0.6 is 0 Å². The number of piperazine rings is 1. The molecule has 1 aromatic heterocycles. The van der Waals surface area contributed by atoms with Gasteiger partial charge in [-0.05, 0) is 31.2 Å². The summed E-state index contributed by atoms with van der Waals surface area (Å²) in [7, 11) is 0. The van der Waals surface area contributed by atoms with Gasteiger partial charge in [0.05, 0.1) is 11.3 Å². The molecule has 35 heavy (non-hydrogen) atoms. The minimum Gasteiger partial charge on any atom is -0.352 e. The van der Waals surface area contributed by atoms with Crippen molar-refractivity contribution in [3.63, 3.8) is 0 Å². The van der Waals surface area contributed by atoms with E-state index in [0.717, 1.165) is 17.1 Å². The molecule has 0 N–H and O–H groups in total. The van der Waals surface area contributed by atoms with E-state index in [9.17, 15) is 14.0 Å². The summed E-state index contributed by atoms with van der Waals surface area (Å²) in [5, 5.41) is 8.75. The lowest BCUT2D eigenvalue weighted by Gasteiger charge is -2.36. The molecule has 2 heterocycles. The first kappa shape index (κ1) is 24.1. The molecule has 2 amide bonds. The summed E-state index contributed by atoms with van der Waals surface area (Å²) in [6.07, 6.45) is 1.53. The SMILES string of the molecule is C=CCN(CC(=O)N1CCN(c2ccc(-c3ccc(C)cc3)nn2)CC1)C(=O)c1ccccc1F. The summed E-state index contributed by atoms with van der Waals surface area (Å²) in [5.74, 6) is -0.561. The maximum atomic E-state index is 14.1. The number of hydrogen-bond donors (Lipinski definition) is 0. The third kappa shape index (κ3) is 5.71. The minimum atomic E-state index is -0.609. The molecule has 0 saturated carbocycles. The predicted molar refractivity (Wildman–Crippen MR) is 133 cm³/mol. The van der Waals surface area contributed by atoms with Crippen LogP contribution in [-0.2, 0) is 4.79 Å². The molecule has 0 unspecified atom stereocenters. The van der Waals surface area contributed by atoms with Gasteiger partial charge < -0.3 is 14.7 Å². The van der Waals surface area contributed by atoms with E-state index in [1.807, 2.05) is 43.3 Å². The average molecular weight is 474 g/mol. The van der Waals surface area contributed by atoms with Gasteiger partial charge in [-0.3, -0.25) is 9.59 Å². The summed E-state index contributed by atoms with van der Waals surface area (Å²) in [5.41, 5.74) is 2.96. The summed E-state index contributed by atoms with van der Waals surface area (Å²) in [6, 6.07) is 17.8. The van der Waals surface area contributed by atoms with Crippen LogP contribution in [0.3, 0.4) is 0 Å². The van der Waals surface area contributed by atoms with Crippen molar-refractivity contribution < 1.29 is 14.0 Å². The lowest BCUT2D eigenvalue weighted by molar-refractivity contribution is -0.132. The van der Waals surface area contributed by atoms with Crippen LogP contribution in [0.2, 0.25) is 0 Å². The first-order chi connectivity index (χ1) is 17.0. The van der Waals surface area contributed by atoms with Gasteiger partial charge in [-0.25, -0.2) is 4.39 Å². The molecule has 3 aromatic rings. The number of carbonyl (C=O) groups is 2. The van der Waals surface area contributed by atoms with Crippen LogP contribution in [0, 0.1) is 12.7 Å². The molecule has 1 fully saturated rings. The largest absolute Gasteiger partial charge is 0.352 e. The minimum absolute atomic E-state index is 0.0559. The second kappa shape index (κ2) is 10.9. The fourth-order valence-electron chi connectivity index (χ4n) is 4.00. The molecule has 8 heteroatoms. The van der Waals surface area contributed by atoms with E-state index in [-0.39, 0.29) is 24.6 Å². The van der Waals surface area contributed by atoms with E-state index >= 15 is 0 Å². The summed E-state index contributed by atoms with van der Waals surface area (Å²) in [6.45, 7) is 7.92. The van der Waals surface area contributed by atoms with Gasteiger partial charge in [0.1, 0.15) is 12.4 Å². The number of halogens is 1. The van der Waals surface area contributed by atoms with Gasteiger partial charge in [0.15, 0.2) is 5.82 Å². The van der Waals surface area contributed by atoms with E-state index in [1.165, 1.54) is 34.7 Å². The highest BCUT2D eigenvalue weighted by Crippen LogP contribution is 2.20. The Kier molecular flexibility index (Phi) is 7.50. The molecule has 1 aliphatic rings. The number of nitrogens with zero attached hydrogens (tertiary/aromatic N) is 5. The fraction of sp³-hybridized carbons (Fsp3) is 0.259. The van der Waals surface area contributed by atoms with E-state index in [0.29, 0.717) is 26.2 Å². The van der Waals surface area contributed by atoms with Gasteiger partial charge in [0.2, 0.25) is 5.91 Å². The average Bonchev–Trinajstić information content (AvgIpc) is 2.89. The number of amides is 2. The molecular weight excluding hydrogens is 445 g/mol. The topological polar surface area (TPSA) is 69.6 Å². The molecule has 0 atom stereocenters. The lowest BCUT2D eigenvalue weighted by atomic mass is 10.1. The number of aromatic nitrogens is 2. The van der Waals surface area contributed by atoms with Gasteiger partial charge in [0.25, 0.3) is 5.91 Å². The first-order valence-corrected chi connectivity index (χ1v) is 11.5. The normalized spacial score (nSPS) is 13.4. The third-order valence-corrected chi connectivity index (χ3v) is 6.02. The van der Waals surface area contributed by atoms with Crippen LogP contribution in [0.25, 0.3) is 11.3 Å². The highest BCUT2D eigenvalue weighted by Gasteiger charge is 2.26. The number of hydrogen-bond acceptors (Lipinski definition) is 5. The fourth-order valence-corrected chi connectivity index (χ4v) is 4.00. The first-order valence-electron chi connectivity index (χ1n) is 11.5. The van der Waals surface area contributed by atoms with Crippen LogP contribution < -0.4 is 4.90 Å². The van der Waals surface area contributed by atoms with Gasteiger partial charge in [0, 0.05) is 38.3 Å². The highest BCUT2D eigenvalue weighted by atomic mass is 19.1. The monoisotopic (exact) mass is 473 g/mol. The second-order valence-electron chi connectivity index (χ2n) is 8.46. The van der Waals surface area contributed by atoms with Crippen molar-refractivity contribution >= 4 is 17.6 Å². The molecule has 180 valence electrons. The maximum absolute atomic E-state index is 14.1. The summed E-state index contributed by atoms with van der Waals surface area (Å²) in [4.78, 5) is 30.8. The number of anilines is 1. The van der Waals surface area contributed by atoms with E-state index in [1.54, 1.807) is 11.0 Å². The van der Waals surface area contributed by atoms with Crippen LogP contribution in [0.1, 0.15) is 15.9 Å².